The zero-order valence-electron chi connectivity index (χ0n) is 39.7. The fourth-order valence-corrected chi connectivity index (χ4v) is 12.8. The number of nitrogens with zero attached hydrogens (tertiary/aromatic N) is 1. The summed E-state index contributed by atoms with van der Waals surface area (Å²) in [5.41, 5.74) is 2.43. The van der Waals surface area contributed by atoms with E-state index in [4.69, 9.17) is 9.47 Å². The lowest BCUT2D eigenvalue weighted by atomic mass is 9.47. The molecule has 0 aliphatic heterocycles. The van der Waals surface area contributed by atoms with E-state index >= 15 is 0 Å². The number of carbonyl (C=O) groups excluding carboxylic acids is 2. The second kappa shape index (κ2) is 26.9. The Morgan fingerprint density at radius 3 is 2.08 bits per heavy atom. The van der Waals surface area contributed by atoms with Crippen molar-refractivity contribution in [3.63, 3.8) is 0 Å². The largest absolute Gasteiger partial charge is 0.466 e. The second-order valence-electron chi connectivity index (χ2n) is 21.2. The first-order chi connectivity index (χ1) is 28.5. The molecule has 6 heteroatoms. The van der Waals surface area contributed by atoms with Crippen LogP contribution in [0, 0.1) is 46.3 Å². The molecule has 0 radical (unpaired) electrons. The maximum atomic E-state index is 13.1. The topological polar surface area (TPSA) is 76.1 Å². The molecule has 8 unspecified atom stereocenters. The van der Waals surface area contributed by atoms with Crippen LogP contribution in [0.3, 0.4) is 0 Å². The number of fused-ring (bicyclic) bond motifs is 5. The number of carbonyl (C=O) groups is 2. The van der Waals surface area contributed by atoms with Gasteiger partial charge in [-0.15, -0.1) is 0 Å². The molecule has 0 heterocycles. The van der Waals surface area contributed by atoms with Gasteiger partial charge in [-0.3, -0.25) is 9.59 Å². The molecule has 3 saturated carbocycles. The smallest absolute Gasteiger partial charge is 0.306 e. The third-order valence-electron chi connectivity index (χ3n) is 16.4. The van der Waals surface area contributed by atoms with Crippen molar-refractivity contribution in [2.45, 2.75) is 234 Å². The highest BCUT2D eigenvalue weighted by Gasteiger charge is 2.59. The summed E-state index contributed by atoms with van der Waals surface area (Å²) >= 11 is 0. The van der Waals surface area contributed by atoms with E-state index < -0.39 is 0 Å². The van der Waals surface area contributed by atoms with Crippen LogP contribution in [0.1, 0.15) is 228 Å². The summed E-state index contributed by atoms with van der Waals surface area (Å²) in [6.45, 7) is 18.8. The Labute approximate surface area is 364 Å². The normalized spacial score (nSPS) is 28.2. The molecule has 4 aliphatic carbocycles. The molecule has 1 N–H and O–H groups in total. The number of aliphatic hydroxyl groups excluding tert-OH is 1. The minimum absolute atomic E-state index is 0.00215. The molecule has 3 fully saturated rings. The standard InChI is InChI=1S/C53H95NO5/c1-7-8-9-10-11-14-22-40-58-50(56)26-16-12-13-18-36-54(38-20-21-39-55)37-19-15-17-27-51(57)59-45-32-34-52(5)44(41-45)28-29-46-48-31-30-47(43(4)25-23-24-42(2)3)53(48,6)35-33-49(46)52/h28,42-43,45-49,55H,7-27,29-41H2,1-6H3. The molecule has 8 atom stereocenters. The van der Waals surface area contributed by atoms with Crippen molar-refractivity contribution in [2.75, 3.05) is 32.8 Å². The summed E-state index contributed by atoms with van der Waals surface area (Å²) in [6, 6.07) is 0. The lowest BCUT2D eigenvalue weighted by Crippen LogP contribution is -2.51. The van der Waals surface area contributed by atoms with Crippen LogP contribution in [0.2, 0.25) is 0 Å². The Bertz CT molecular complexity index is 1220. The predicted molar refractivity (Wildman–Crippen MR) is 246 cm³/mol. The van der Waals surface area contributed by atoms with Gasteiger partial charge in [0.1, 0.15) is 6.10 Å². The van der Waals surface area contributed by atoms with Crippen LogP contribution in [-0.4, -0.2) is 60.9 Å². The quantitative estimate of drug-likeness (QED) is 0.0426. The fourth-order valence-electron chi connectivity index (χ4n) is 12.8. The summed E-state index contributed by atoms with van der Waals surface area (Å²) in [6.07, 6.45) is 35.8. The maximum absolute atomic E-state index is 13.1. The van der Waals surface area contributed by atoms with Crippen molar-refractivity contribution in [1.82, 2.24) is 4.90 Å². The first-order valence-electron chi connectivity index (χ1n) is 25.9. The van der Waals surface area contributed by atoms with Gasteiger partial charge in [0.05, 0.1) is 6.61 Å². The molecule has 0 bridgehead atoms. The molecule has 0 aromatic rings. The van der Waals surface area contributed by atoms with Crippen LogP contribution in [0.15, 0.2) is 11.6 Å². The predicted octanol–water partition coefficient (Wildman–Crippen LogP) is 13.8. The minimum Gasteiger partial charge on any atom is -0.466 e. The summed E-state index contributed by atoms with van der Waals surface area (Å²) in [5, 5.41) is 9.34. The Balaban J connectivity index is 1.09. The van der Waals surface area contributed by atoms with Gasteiger partial charge >= 0.3 is 11.9 Å². The lowest BCUT2D eigenvalue weighted by Gasteiger charge is -2.58. The molecule has 0 saturated heterocycles. The highest BCUT2D eigenvalue weighted by Crippen LogP contribution is 2.67. The van der Waals surface area contributed by atoms with Gasteiger partial charge in [0.15, 0.2) is 0 Å². The average molecular weight is 826 g/mol. The summed E-state index contributed by atoms with van der Waals surface area (Å²) in [4.78, 5) is 27.8. The highest BCUT2D eigenvalue weighted by molar-refractivity contribution is 5.69. The van der Waals surface area contributed by atoms with E-state index in [1.165, 1.54) is 89.9 Å². The van der Waals surface area contributed by atoms with Crippen LogP contribution in [0.5, 0.6) is 0 Å². The number of hydrogen-bond acceptors (Lipinski definition) is 6. The molecular weight excluding hydrogens is 731 g/mol. The average Bonchev–Trinajstić information content (AvgIpc) is 3.57. The molecule has 0 amide bonds. The Morgan fingerprint density at radius 2 is 1.37 bits per heavy atom. The SMILES string of the molecule is CCCCCCCCCOC(=O)CCCCCCN(CCCCO)CCCCCC(=O)OC1CCC2(C)C(=CCC3C2CCC2(C)C(C(C)CCCC(C)C)CCC32)C1. The molecule has 4 rings (SSSR count). The minimum atomic E-state index is -0.0341. The van der Waals surface area contributed by atoms with E-state index in [1.807, 2.05) is 0 Å². The molecule has 0 aromatic carbocycles. The number of rotatable bonds is 31. The fraction of sp³-hybridized carbons (Fsp3) is 0.925. The maximum Gasteiger partial charge on any atom is 0.306 e. The van der Waals surface area contributed by atoms with Gasteiger partial charge in [0.25, 0.3) is 0 Å². The van der Waals surface area contributed by atoms with Crippen LogP contribution >= 0.6 is 0 Å². The van der Waals surface area contributed by atoms with Gasteiger partial charge in [0, 0.05) is 25.9 Å². The second-order valence-corrected chi connectivity index (χ2v) is 21.2. The van der Waals surface area contributed by atoms with Gasteiger partial charge < -0.3 is 19.5 Å². The van der Waals surface area contributed by atoms with Crippen LogP contribution in [-0.2, 0) is 19.1 Å². The van der Waals surface area contributed by atoms with E-state index in [0.717, 1.165) is 139 Å². The molecule has 4 aliphatic rings. The monoisotopic (exact) mass is 826 g/mol. The van der Waals surface area contributed by atoms with E-state index in [1.54, 1.807) is 5.57 Å². The Hall–Kier alpha value is -1.40. The summed E-state index contributed by atoms with van der Waals surface area (Å²) in [5.74, 6) is 5.07. The molecule has 6 nitrogen and oxygen atoms in total. The molecule has 59 heavy (non-hydrogen) atoms. The third-order valence-corrected chi connectivity index (χ3v) is 16.4. The highest BCUT2D eigenvalue weighted by atomic mass is 16.5. The zero-order chi connectivity index (χ0) is 42.5. The van der Waals surface area contributed by atoms with E-state index in [9.17, 15) is 14.7 Å². The van der Waals surface area contributed by atoms with E-state index in [0.29, 0.717) is 24.9 Å². The van der Waals surface area contributed by atoms with Crippen molar-refractivity contribution >= 4 is 11.9 Å². The number of allylic oxidation sites excluding steroid dienone is 1. The number of unbranched alkanes of at least 4 members (excludes halogenated alkanes) is 12. The number of esters is 2. The van der Waals surface area contributed by atoms with Crippen molar-refractivity contribution < 1.29 is 24.2 Å². The van der Waals surface area contributed by atoms with E-state index in [2.05, 4.69) is 52.5 Å². The third kappa shape index (κ3) is 16.0. The zero-order valence-corrected chi connectivity index (χ0v) is 39.7. The van der Waals surface area contributed by atoms with Gasteiger partial charge in [0.2, 0.25) is 0 Å². The first-order valence-corrected chi connectivity index (χ1v) is 25.9. The van der Waals surface area contributed by atoms with Gasteiger partial charge in [-0.1, -0.05) is 130 Å². The van der Waals surface area contributed by atoms with Gasteiger partial charge in [-0.2, -0.15) is 0 Å². The van der Waals surface area contributed by atoms with Crippen molar-refractivity contribution in [3.8, 4) is 0 Å². The van der Waals surface area contributed by atoms with Crippen molar-refractivity contribution in [1.29, 1.82) is 0 Å². The van der Waals surface area contributed by atoms with Crippen LogP contribution < -0.4 is 0 Å². The van der Waals surface area contributed by atoms with Gasteiger partial charge in [-0.05, 0) is 156 Å². The Morgan fingerprint density at radius 1 is 0.729 bits per heavy atom. The van der Waals surface area contributed by atoms with Crippen molar-refractivity contribution in [2.24, 2.45) is 46.3 Å². The Kier molecular flexibility index (Phi) is 22.9. The number of ether oxygens (including phenoxy) is 2. The molecule has 0 spiro atoms. The van der Waals surface area contributed by atoms with Crippen LogP contribution in [0.25, 0.3) is 0 Å². The molecule has 342 valence electrons. The first kappa shape index (κ1) is 50.2. The number of aliphatic hydroxyl groups is 1. The molecular formula is C53H95NO5. The van der Waals surface area contributed by atoms with Crippen molar-refractivity contribution in [3.05, 3.63) is 11.6 Å². The lowest BCUT2D eigenvalue weighted by molar-refractivity contribution is -0.151. The van der Waals surface area contributed by atoms with Crippen LogP contribution in [0.4, 0.5) is 0 Å². The summed E-state index contributed by atoms with van der Waals surface area (Å²) in [7, 11) is 0. The van der Waals surface area contributed by atoms with E-state index in [-0.39, 0.29) is 30.1 Å². The van der Waals surface area contributed by atoms with Gasteiger partial charge in [-0.25, -0.2) is 0 Å². The molecule has 0 aromatic heterocycles. The summed E-state index contributed by atoms with van der Waals surface area (Å²) < 4.78 is 11.6. The number of hydrogen-bond donors (Lipinski definition) is 1.